The summed E-state index contributed by atoms with van der Waals surface area (Å²) in [6, 6.07) is 17.2. The Morgan fingerprint density at radius 2 is 0.515 bits per heavy atom. The maximum Gasteiger partial charge on any atom is 0.328 e. The van der Waals surface area contributed by atoms with Crippen molar-refractivity contribution in [2.75, 3.05) is 7.11 Å². The quantitative estimate of drug-likeness (QED) is 0.0228. The molecular weight excluding hydrogens is 1240 g/mol. The Hall–Kier alpha value is -5.96. The first-order valence-electron chi connectivity index (χ1n) is 39.3. The summed E-state index contributed by atoms with van der Waals surface area (Å²) < 4.78 is 4.87. The molecule has 3 aromatic rings. The molecule has 0 heterocycles. The van der Waals surface area contributed by atoms with Crippen LogP contribution in [0.4, 0.5) is 0 Å². The van der Waals surface area contributed by atoms with Gasteiger partial charge in [-0.05, 0) is 78.6 Å². The monoisotopic (exact) mass is 1380 g/mol. The van der Waals surface area contributed by atoms with E-state index in [9.17, 15) is 49.2 Å². The summed E-state index contributed by atoms with van der Waals surface area (Å²) in [6.45, 7) is 6.76. The van der Waals surface area contributed by atoms with Gasteiger partial charge in [-0.15, -0.1) is 0 Å². The first-order chi connectivity index (χ1) is 47.6. The van der Waals surface area contributed by atoms with E-state index in [-0.39, 0.29) is 56.1 Å². The number of aliphatic hydroxyl groups excluding tert-OH is 1. The number of phenols is 2. The molecular formula is C84H141N3O12-2. The topological polar surface area (TPSA) is 255 Å². The molecule has 0 spiro atoms. The molecule has 3 aromatic carbocycles. The number of nitrogens with one attached hydrogen (secondary N) is 3. The lowest BCUT2D eigenvalue weighted by Crippen LogP contribution is -2.49. The molecule has 3 atom stereocenters. The third-order valence-corrected chi connectivity index (χ3v) is 18.5. The number of amides is 3. The summed E-state index contributed by atoms with van der Waals surface area (Å²) in [5, 5.41) is 58.4. The van der Waals surface area contributed by atoms with Crippen LogP contribution in [0.15, 0.2) is 72.8 Å². The van der Waals surface area contributed by atoms with E-state index in [1.165, 1.54) is 269 Å². The lowest BCUT2D eigenvalue weighted by Gasteiger charge is -2.20. The summed E-state index contributed by atoms with van der Waals surface area (Å²) >= 11 is 0. The second-order valence-electron chi connectivity index (χ2n) is 27.5. The number of carboxylic acids is 2. The fraction of sp³-hybridized carbons (Fsp3) is 0.714. The minimum atomic E-state index is -1.29. The van der Waals surface area contributed by atoms with Crippen molar-refractivity contribution in [1.29, 1.82) is 0 Å². The highest BCUT2D eigenvalue weighted by molar-refractivity contribution is 5.85. The van der Waals surface area contributed by atoms with E-state index in [0.717, 1.165) is 73.6 Å². The van der Waals surface area contributed by atoms with Crippen LogP contribution < -0.4 is 26.2 Å². The van der Waals surface area contributed by atoms with Crippen molar-refractivity contribution in [3.63, 3.8) is 0 Å². The number of carbonyl (C=O) groups is 6. The predicted octanol–water partition coefficient (Wildman–Crippen LogP) is 18.1. The normalized spacial score (nSPS) is 11.8. The number of aromatic hydroxyl groups is 2. The molecule has 0 aliphatic carbocycles. The number of aliphatic carboxylic acids is 2. The average molecular weight is 1390 g/mol. The Balaban J connectivity index is 0.00000145. The van der Waals surface area contributed by atoms with E-state index in [1.807, 2.05) is 24.3 Å². The number of rotatable bonds is 61. The predicted molar refractivity (Wildman–Crippen MR) is 403 cm³/mol. The molecule has 99 heavy (non-hydrogen) atoms. The van der Waals surface area contributed by atoms with E-state index in [1.54, 1.807) is 24.3 Å². The van der Waals surface area contributed by atoms with Gasteiger partial charge in [-0.25, -0.2) is 4.79 Å². The minimum Gasteiger partial charge on any atom is -0.548 e. The standard InChI is InChI=1S/C29H49NO4.2C27H45NO4.CH4/c1-3-4-5-6-7-8-9-10-11-12-13-14-15-16-17-18-28(32)30-27(29(33)34-2)23-25-19-21-26(24-31)22-20-25;2*1-2-3-4-5-6-7-8-9-10-11-12-13-14-15-16-17-26(30)28-25(27(31)32)22-23-18-20-24(29)21-19-23;/h19-22,27,31H,3-18,23-24H2,1-2H3,(H,30,32);2*18-21,25,29H,2-17,22H2,1H3,(H,28,30)(H,31,32);1H4/p-2. The molecule has 0 radical (unpaired) electrons. The lowest BCUT2D eigenvalue weighted by molar-refractivity contribution is -0.309. The third-order valence-electron chi connectivity index (χ3n) is 18.5. The van der Waals surface area contributed by atoms with Crippen LogP contribution in [0.5, 0.6) is 11.5 Å². The van der Waals surface area contributed by atoms with Gasteiger partial charge in [-0.3, -0.25) is 14.4 Å². The Kier molecular flexibility index (Phi) is 62.6. The fourth-order valence-electron chi connectivity index (χ4n) is 12.2. The van der Waals surface area contributed by atoms with E-state index < -0.39 is 36.0 Å². The molecule has 0 aliphatic heterocycles. The number of carbonyl (C=O) groups excluding carboxylic acids is 6. The largest absolute Gasteiger partial charge is 0.548 e. The van der Waals surface area contributed by atoms with Crippen LogP contribution in [0.25, 0.3) is 0 Å². The summed E-state index contributed by atoms with van der Waals surface area (Å²) in [5.41, 5.74) is 3.18. The van der Waals surface area contributed by atoms with Crippen molar-refractivity contribution in [1.82, 2.24) is 16.0 Å². The Morgan fingerprint density at radius 1 is 0.323 bits per heavy atom. The van der Waals surface area contributed by atoms with Crippen LogP contribution in [0.1, 0.15) is 359 Å². The number of unbranched alkanes of at least 4 members (excludes halogenated alkanes) is 42. The highest BCUT2D eigenvalue weighted by Crippen LogP contribution is 2.20. The van der Waals surface area contributed by atoms with Crippen LogP contribution >= 0.6 is 0 Å². The summed E-state index contributed by atoms with van der Waals surface area (Å²) in [4.78, 5) is 71.3. The molecule has 0 saturated carbocycles. The zero-order valence-corrected chi connectivity index (χ0v) is 61.9. The molecule has 0 bridgehead atoms. The molecule has 15 nitrogen and oxygen atoms in total. The van der Waals surface area contributed by atoms with Gasteiger partial charge in [0.05, 0.1) is 37.7 Å². The van der Waals surface area contributed by atoms with Crippen molar-refractivity contribution in [2.45, 2.75) is 380 Å². The molecule has 0 fully saturated rings. The second-order valence-corrected chi connectivity index (χ2v) is 27.5. The number of aliphatic hydroxyl groups is 1. The number of ether oxygens (including phenoxy) is 1. The number of phenolic OH excluding ortho intramolecular Hbond substituents is 2. The second kappa shape index (κ2) is 66.6. The lowest BCUT2D eigenvalue weighted by atomic mass is 10.0. The van der Waals surface area contributed by atoms with E-state index in [4.69, 9.17) is 9.84 Å². The van der Waals surface area contributed by atoms with Gasteiger partial charge in [0.1, 0.15) is 17.5 Å². The van der Waals surface area contributed by atoms with Crippen molar-refractivity contribution in [3.8, 4) is 11.5 Å². The fourth-order valence-corrected chi connectivity index (χ4v) is 12.2. The number of hydrogen-bond donors (Lipinski definition) is 6. The third kappa shape index (κ3) is 56.4. The number of benzene rings is 3. The average Bonchev–Trinajstić information content (AvgIpc) is 0.930. The zero-order chi connectivity index (χ0) is 71.7. The number of hydrogen-bond acceptors (Lipinski definition) is 12. The van der Waals surface area contributed by atoms with Gasteiger partial charge in [-0.2, -0.15) is 0 Å². The highest BCUT2D eigenvalue weighted by Gasteiger charge is 2.22. The molecule has 0 aliphatic rings. The molecule has 0 aromatic heterocycles. The SMILES string of the molecule is C.CCCCCCCCCCCCCCCCCC(=O)NC(Cc1ccc(CO)cc1)C(=O)OC.CCCCCCCCCCCCCCCCCC(=O)NC(Cc1ccc(O)cc1)C(=O)[O-].CCCCCCCCCCCCCCCCCC(=O)NC(Cc1ccc(O)cc1)C(=O)[O-]. The maximum absolute atomic E-state index is 12.3. The Bertz CT molecular complexity index is 2290. The smallest absolute Gasteiger partial charge is 0.328 e. The first-order valence-corrected chi connectivity index (χ1v) is 39.3. The van der Waals surface area contributed by atoms with E-state index >= 15 is 0 Å². The van der Waals surface area contributed by atoms with Crippen molar-refractivity contribution in [2.24, 2.45) is 0 Å². The van der Waals surface area contributed by atoms with Gasteiger partial charge in [0, 0.05) is 25.7 Å². The Morgan fingerprint density at radius 3 is 0.727 bits per heavy atom. The van der Waals surface area contributed by atoms with Crippen molar-refractivity contribution >= 4 is 35.6 Å². The molecule has 6 N–H and O–H groups in total. The molecule has 3 amide bonds. The minimum absolute atomic E-state index is 0. The van der Waals surface area contributed by atoms with Crippen LogP contribution in [0.2, 0.25) is 0 Å². The van der Waals surface area contributed by atoms with Crippen LogP contribution in [-0.4, -0.2) is 76.2 Å². The zero-order valence-electron chi connectivity index (χ0n) is 61.9. The molecule has 566 valence electrons. The van der Waals surface area contributed by atoms with E-state index in [0.29, 0.717) is 25.7 Å². The molecule has 3 unspecified atom stereocenters. The number of methoxy groups -OCH3 is 1. The molecule has 0 saturated heterocycles. The van der Waals surface area contributed by atoms with Gasteiger partial charge < -0.3 is 55.8 Å². The van der Waals surface area contributed by atoms with Crippen LogP contribution in [0.3, 0.4) is 0 Å². The highest BCUT2D eigenvalue weighted by atomic mass is 16.5. The van der Waals surface area contributed by atoms with Crippen LogP contribution in [-0.2, 0) is 59.4 Å². The van der Waals surface area contributed by atoms with Crippen molar-refractivity contribution < 1.29 is 59.0 Å². The van der Waals surface area contributed by atoms with E-state index in [2.05, 4.69) is 36.7 Å². The van der Waals surface area contributed by atoms with Gasteiger partial charge in [0.25, 0.3) is 0 Å². The summed E-state index contributed by atoms with van der Waals surface area (Å²) in [7, 11) is 1.34. The molecule has 15 heteroatoms. The first kappa shape index (κ1) is 93.0. The molecule has 3 rings (SSSR count). The number of carboxylic acid groups (broad SMARTS) is 2. The summed E-state index contributed by atoms with van der Waals surface area (Å²) in [6.07, 6.45) is 59.3. The van der Waals surface area contributed by atoms with Gasteiger partial charge in [0.2, 0.25) is 17.7 Å². The maximum atomic E-state index is 12.3. The van der Waals surface area contributed by atoms with Crippen molar-refractivity contribution in [3.05, 3.63) is 95.1 Å². The Labute approximate surface area is 601 Å². The van der Waals surface area contributed by atoms with Gasteiger partial charge >= 0.3 is 5.97 Å². The number of esters is 1. The summed E-state index contributed by atoms with van der Waals surface area (Å²) in [5.74, 6) is -3.36. The van der Waals surface area contributed by atoms with Gasteiger partial charge in [-0.1, -0.05) is 346 Å². The van der Waals surface area contributed by atoms with Crippen LogP contribution in [0, 0.1) is 0 Å². The van der Waals surface area contributed by atoms with Gasteiger partial charge in [0.15, 0.2) is 0 Å².